The Kier molecular flexibility index (Phi) is 5.62. The Morgan fingerprint density at radius 2 is 1.86 bits per heavy atom. The second-order valence-corrected chi connectivity index (χ2v) is 8.14. The minimum absolute atomic E-state index is 0.0713. The highest BCUT2D eigenvalue weighted by molar-refractivity contribution is 7.16. The Labute approximate surface area is 168 Å². The van der Waals surface area contributed by atoms with Gasteiger partial charge >= 0.3 is 0 Å². The maximum absolute atomic E-state index is 12.7. The Morgan fingerprint density at radius 1 is 1.11 bits per heavy atom. The molecule has 1 unspecified atom stereocenters. The number of benzene rings is 1. The van der Waals surface area contributed by atoms with E-state index in [1.165, 1.54) is 22.3 Å². The van der Waals surface area contributed by atoms with Crippen LogP contribution in [0.5, 0.6) is 0 Å². The van der Waals surface area contributed by atoms with Gasteiger partial charge in [0.05, 0.1) is 25.5 Å². The maximum Gasteiger partial charge on any atom is 0.291 e. The van der Waals surface area contributed by atoms with Crippen LogP contribution in [0, 0.1) is 13.8 Å². The highest BCUT2D eigenvalue weighted by Crippen LogP contribution is 2.42. The number of rotatable bonds is 5. The molecule has 0 bridgehead atoms. The summed E-state index contributed by atoms with van der Waals surface area (Å²) in [6.07, 6.45) is 1.52. The molecule has 0 radical (unpaired) electrons. The van der Waals surface area contributed by atoms with Crippen molar-refractivity contribution in [2.75, 3.05) is 31.6 Å². The van der Waals surface area contributed by atoms with Crippen molar-refractivity contribution in [2.45, 2.75) is 19.9 Å². The molecule has 6 heteroatoms. The lowest BCUT2D eigenvalue weighted by atomic mass is 9.94. The molecule has 0 saturated carbocycles. The number of carbonyl (C=O) groups excluding carboxylic acids is 1. The molecule has 5 nitrogen and oxygen atoms in total. The summed E-state index contributed by atoms with van der Waals surface area (Å²) in [6, 6.07) is 14.0. The van der Waals surface area contributed by atoms with Crippen LogP contribution in [0.4, 0.5) is 5.00 Å². The van der Waals surface area contributed by atoms with Gasteiger partial charge in [-0.05, 0) is 37.1 Å². The molecule has 2 aromatic heterocycles. The molecule has 146 valence electrons. The third-order valence-corrected chi connectivity index (χ3v) is 6.34. The summed E-state index contributed by atoms with van der Waals surface area (Å²) in [5.74, 6) is 0.0959. The normalized spacial score (nSPS) is 16.1. The lowest BCUT2D eigenvalue weighted by Gasteiger charge is -2.35. The number of carbonyl (C=O) groups is 1. The van der Waals surface area contributed by atoms with Gasteiger partial charge in [0.15, 0.2) is 5.76 Å². The number of nitrogens with zero attached hydrogens (tertiary/aromatic N) is 1. The van der Waals surface area contributed by atoms with Crippen LogP contribution in [-0.4, -0.2) is 37.1 Å². The van der Waals surface area contributed by atoms with Gasteiger partial charge in [0.25, 0.3) is 5.91 Å². The van der Waals surface area contributed by atoms with Crippen molar-refractivity contribution >= 4 is 22.2 Å². The van der Waals surface area contributed by atoms with Gasteiger partial charge in [0, 0.05) is 23.5 Å². The van der Waals surface area contributed by atoms with Gasteiger partial charge in [0.1, 0.15) is 5.00 Å². The van der Waals surface area contributed by atoms with Crippen LogP contribution in [-0.2, 0) is 4.74 Å². The van der Waals surface area contributed by atoms with Gasteiger partial charge in [-0.1, -0.05) is 30.3 Å². The summed E-state index contributed by atoms with van der Waals surface area (Å²) >= 11 is 1.62. The molecule has 0 aliphatic carbocycles. The third-order valence-electron chi connectivity index (χ3n) is 5.20. The average molecular weight is 397 g/mol. The number of anilines is 1. The van der Waals surface area contributed by atoms with Crippen LogP contribution in [0.15, 0.2) is 53.1 Å². The topological polar surface area (TPSA) is 54.7 Å². The first-order chi connectivity index (χ1) is 13.6. The molecule has 1 amide bonds. The van der Waals surface area contributed by atoms with Crippen molar-refractivity contribution in [2.24, 2.45) is 0 Å². The molecule has 1 N–H and O–H groups in total. The monoisotopic (exact) mass is 396 g/mol. The fourth-order valence-corrected chi connectivity index (χ4v) is 4.76. The van der Waals surface area contributed by atoms with E-state index < -0.39 is 0 Å². The Bertz CT molecular complexity index is 928. The number of hydrogen-bond acceptors (Lipinski definition) is 5. The van der Waals surface area contributed by atoms with Crippen molar-refractivity contribution < 1.29 is 13.9 Å². The largest absolute Gasteiger partial charge is 0.459 e. The van der Waals surface area contributed by atoms with E-state index in [0.717, 1.165) is 36.9 Å². The van der Waals surface area contributed by atoms with Crippen LogP contribution in [0.1, 0.15) is 38.2 Å². The van der Waals surface area contributed by atoms with E-state index in [9.17, 15) is 4.79 Å². The lowest BCUT2D eigenvalue weighted by molar-refractivity contribution is 0.0240. The van der Waals surface area contributed by atoms with Gasteiger partial charge in [-0.15, -0.1) is 11.3 Å². The standard InChI is InChI=1S/C22H24N2O3S/c1-15-16(2)28-22(23-21(25)18-9-6-12-27-18)19(15)20(17-7-4-3-5-8-17)24-10-13-26-14-11-24/h3-9,12,20H,10-11,13-14H2,1-2H3,(H,23,25). The van der Waals surface area contributed by atoms with E-state index in [2.05, 4.69) is 48.3 Å². The molecule has 1 aromatic carbocycles. The molecule has 1 fully saturated rings. The second-order valence-electron chi connectivity index (χ2n) is 6.92. The number of aryl methyl sites for hydroxylation is 1. The molecule has 1 saturated heterocycles. The van der Waals surface area contributed by atoms with Crippen molar-refractivity contribution in [1.29, 1.82) is 0 Å². The molecule has 28 heavy (non-hydrogen) atoms. The van der Waals surface area contributed by atoms with E-state index in [-0.39, 0.29) is 11.9 Å². The zero-order valence-corrected chi connectivity index (χ0v) is 16.9. The van der Waals surface area contributed by atoms with E-state index in [4.69, 9.17) is 9.15 Å². The Morgan fingerprint density at radius 3 is 2.54 bits per heavy atom. The van der Waals surface area contributed by atoms with E-state index in [1.54, 1.807) is 23.5 Å². The fourth-order valence-electron chi connectivity index (χ4n) is 3.67. The summed E-state index contributed by atoms with van der Waals surface area (Å²) in [5, 5.41) is 3.98. The van der Waals surface area contributed by atoms with Gasteiger partial charge in [-0.2, -0.15) is 0 Å². The minimum atomic E-state index is -0.221. The summed E-state index contributed by atoms with van der Waals surface area (Å²) in [5.41, 5.74) is 3.61. The highest BCUT2D eigenvalue weighted by Gasteiger charge is 2.30. The van der Waals surface area contributed by atoms with E-state index in [0.29, 0.717) is 5.76 Å². The fraction of sp³-hybridized carbons (Fsp3) is 0.318. The summed E-state index contributed by atoms with van der Waals surface area (Å²) in [4.78, 5) is 16.3. The highest BCUT2D eigenvalue weighted by atomic mass is 32.1. The summed E-state index contributed by atoms with van der Waals surface area (Å²) in [7, 11) is 0. The predicted molar refractivity (Wildman–Crippen MR) is 111 cm³/mol. The first-order valence-corrected chi connectivity index (χ1v) is 10.3. The summed E-state index contributed by atoms with van der Waals surface area (Å²) in [6.45, 7) is 7.41. The van der Waals surface area contributed by atoms with Gasteiger partial charge in [-0.3, -0.25) is 9.69 Å². The first-order valence-electron chi connectivity index (χ1n) is 9.46. The summed E-state index contributed by atoms with van der Waals surface area (Å²) < 4.78 is 10.9. The lowest BCUT2D eigenvalue weighted by Crippen LogP contribution is -2.39. The Hall–Kier alpha value is -2.41. The second kappa shape index (κ2) is 8.31. The minimum Gasteiger partial charge on any atom is -0.459 e. The Balaban J connectivity index is 1.76. The number of morpholine rings is 1. The van der Waals surface area contributed by atoms with Gasteiger partial charge in [0.2, 0.25) is 0 Å². The average Bonchev–Trinajstić information content (AvgIpc) is 3.35. The van der Waals surface area contributed by atoms with Crippen molar-refractivity contribution in [1.82, 2.24) is 4.90 Å². The van der Waals surface area contributed by atoms with Crippen molar-refractivity contribution in [3.05, 3.63) is 76.1 Å². The quantitative estimate of drug-likeness (QED) is 0.683. The van der Waals surface area contributed by atoms with Crippen LogP contribution < -0.4 is 5.32 Å². The first kappa shape index (κ1) is 18.9. The predicted octanol–water partition coefficient (Wildman–Crippen LogP) is 4.63. The van der Waals surface area contributed by atoms with E-state index in [1.807, 2.05) is 6.07 Å². The SMILES string of the molecule is Cc1sc(NC(=O)c2ccco2)c(C(c2ccccc2)N2CCOCC2)c1C. The number of thiophene rings is 1. The molecule has 0 spiro atoms. The van der Waals surface area contributed by atoms with E-state index >= 15 is 0 Å². The number of hydrogen-bond donors (Lipinski definition) is 1. The maximum atomic E-state index is 12.7. The molecule has 1 aliphatic heterocycles. The zero-order valence-electron chi connectivity index (χ0n) is 16.1. The van der Waals surface area contributed by atoms with Crippen LogP contribution in [0.25, 0.3) is 0 Å². The van der Waals surface area contributed by atoms with Gasteiger partial charge in [-0.25, -0.2) is 0 Å². The smallest absolute Gasteiger partial charge is 0.291 e. The molecular weight excluding hydrogens is 372 g/mol. The number of amides is 1. The van der Waals surface area contributed by atoms with Crippen molar-refractivity contribution in [3.63, 3.8) is 0 Å². The van der Waals surface area contributed by atoms with Crippen LogP contribution >= 0.6 is 11.3 Å². The molecule has 1 aliphatic rings. The molecule has 3 aromatic rings. The van der Waals surface area contributed by atoms with Gasteiger partial charge < -0.3 is 14.5 Å². The zero-order chi connectivity index (χ0) is 19.5. The van der Waals surface area contributed by atoms with Crippen LogP contribution in [0.3, 0.4) is 0 Å². The molecule has 3 heterocycles. The molecule has 1 atom stereocenters. The molecule has 4 rings (SSSR count). The van der Waals surface area contributed by atoms with Crippen LogP contribution in [0.2, 0.25) is 0 Å². The number of furan rings is 1. The molecular formula is C22H24N2O3S. The third kappa shape index (κ3) is 3.76. The van der Waals surface area contributed by atoms with Crippen molar-refractivity contribution in [3.8, 4) is 0 Å². The number of nitrogens with one attached hydrogen (secondary N) is 1. The number of ether oxygens (including phenoxy) is 1.